The van der Waals surface area contributed by atoms with Crippen molar-refractivity contribution in [3.8, 4) is 0 Å². The zero-order chi connectivity index (χ0) is 13.9. The van der Waals surface area contributed by atoms with Crippen molar-refractivity contribution in [2.45, 2.75) is 45.6 Å². The second-order valence-electron chi connectivity index (χ2n) is 5.18. The van der Waals surface area contributed by atoms with Crippen LogP contribution in [0, 0.1) is 0 Å². The Balaban J connectivity index is 0. The van der Waals surface area contributed by atoms with Crippen LogP contribution >= 0.6 is 11.6 Å². The average molecular weight is 300 g/mol. The Labute approximate surface area is 114 Å². The molecule has 0 saturated heterocycles. The summed E-state index contributed by atoms with van der Waals surface area (Å²) in [6.45, 7) is 12.2. The lowest BCUT2D eigenvalue weighted by atomic mass is 10.5. The van der Waals surface area contributed by atoms with Gasteiger partial charge < -0.3 is 14.6 Å². The minimum absolute atomic E-state index is 0.695. The summed E-state index contributed by atoms with van der Waals surface area (Å²) < 4.78 is 10.7. The fourth-order valence-corrected chi connectivity index (χ4v) is 3.41. The van der Waals surface area contributed by atoms with Crippen molar-refractivity contribution in [1.82, 2.24) is 0 Å². The molecule has 0 saturated carbocycles. The normalized spacial score (nSPS) is 12.0. The second-order valence-corrected chi connectivity index (χ2v) is 14.5. The number of rotatable bonds is 7. The van der Waals surface area contributed by atoms with Gasteiger partial charge in [-0.25, -0.2) is 0 Å². The third-order valence-corrected chi connectivity index (χ3v) is 8.70. The highest BCUT2D eigenvalue weighted by Crippen LogP contribution is 2.10. The number of nitrogens with two attached hydrogens (primary N) is 1. The molecule has 0 fully saturated rings. The maximum absolute atomic E-state index is 5.61. The molecule has 0 heterocycles. The molecule has 0 aliphatic heterocycles. The summed E-state index contributed by atoms with van der Waals surface area (Å²) in [4.78, 5) is 0. The highest BCUT2D eigenvalue weighted by atomic mass is 35.5. The lowest BCUT2D eigenvalue weighted by Gasteiger charge is -2.18. The number of hydrogen-bond donors (Lipinski definition) is 1. The Morgan fingerprint density at radius 2 is 1.65 bits per heavy atom. The molecule has 106 valence electrons. The molecule has 0 rings (SSSR count). The van der Waals surface area contributed by atoms with Crippen LogP contribution in [0.4, 0.5) is 0 Å². The van der Waals surface area contributed by atoms with Crippen LogP contribution in [-0.2, 0) is 8.85 Å². The van der Waals surface area contributed by atoms with Crippen molar-refractivity contribution < 1.29 is 8.85 Å². The van der Waals surface area contributed by atoms with Gasteiger partial charge in [-0.3, -0.25) is 0 Å². The second kappa shape index (κ2) is 10.5. The largest absolute Gasteiger partial charge is 0.420 e. The molecule has 0 atom stereocenters. The highest BCUT2D eigenvalue weighted by Gasteiger charge is 2.19. The lowest BCUT2D eigenvalue weighted by Crippen LogP contribution is -2.32. The van der Waals surface area contributed by atoms with Crippen LogP contribution in [-0.4, -0.2) is 42.4 Å². The first-order valence-electron chi connectivity index (χ1n) is 6.19. The summed E-state index contributed by atoms with van der Waals surface area (Å²) in [6.07, 6.45) is 1.10. The molecule has 0 unspecified atom stereocenters. The van der Waals surface area contributed by atoms with Crippen LogP contribution in [0.3, 0.4) is 0 Å². The molecule has 0 aromatic carbocycles. The van der Waals surface area contributed by atoms with Gasteiger partial charge in [-0.15, -0.1) is 11.6 Å². The Kier molecular flexibility index (Phi) is 12.3. The standard InChI is InChI=1S/C6H17NOSi.C5H13ClOSi/c1-8-9(2,3)6-4-5-7;1-4-7-8(2,3)5-6/h4-7H2,1-3H3;4-5H2,1-3H3. The summed E-state index contributed by atoms with van der Waals surface area (Å²) in [7, 11) is -0.896. The molecule has 0 aliphatic carbocycles. The first kappa shape index (κ1) is 19.9. The highest BCUT2D eigenvalue weighted by molar-refractivity contribution is 6.77. The van der Waals surface area contributed by atoms with E-state index in [1.54, 1.807) is 7.11 Å². The molecule has 0 aromatic rings. The van der Waals surface area contributed by atoms with Crippen molar-refractivity contribution in [3.63, 3.8) is 0 Å². The molecular formula is C11H30ClNO2Si2. The Morgan fingerprint density at radius 1 is 1.12 bits per heavy atom. The SMILES string of the molecule is CCO[Si](C)(C)CCl.CO[Si](C)(C)CCCN. The molecule has 0 aromatic heterocycles. The lowest BCUT2D eigenvalue weighted by molar-refractivity contribution is 0.333. The maximum atomic E-state index is 5.61. The van der Waals surface area contributed by atoms with Gasteiger partial charge in [-0.1, -0.05) is 0 Å². The quantitative estimate of drug-likeness (QED) is 0.580. The van der Waals surface area contributed by atoms with Gasteiger partial charge >= 0.3 is 0 Å². The molecule has 17 heavy (non-hydrogen) atoms. The van der Waals surface area contributed by atoms with Gasteiger partial charge in [0.2, 0.25) is 8.32 Å². The molecule has 6 heteroatoms. The molecule has 0 bridgehead atoms. The van der Waals surface area contributed by atoms with Crippen molar-refractivity contribution in [2.24, 2.45) is 5.73 Å². The van der Waals surface area contributed by atoms with E-state index in [1.165, 1.54) is 6.04 Å². The average Bonchev–Trinajstić information content (AvgIpc) is 2.27. The number of halogens is 1. The van der Waals surface area contributed by atoms with Crippen LogP contribution in [0.25, 0.3) is 0 Å². The van der Waals surface area contributed by atoms with E-state index in [9.17, 15) is 0 Å². The fourth-order valence-electron chi connectivity index (χ4n) is 1.06. The molecule has 2 N–H and O–H groups in total. The number of alkyl halides is 1. The third-order valence-electron chi connectivity index (χ3n) is 2.39. The summed E-state index contributed by atoms with van der Waals surface area (Å²) in [5, 5.41) is 0. The van der Waals surface area contributed by atoms with Crippen molar-refractivity contribution in [3.05, 3.63) is 0 Å². The maximum Gasteiger partial charge on any atom is 0.201 e. The minimum atomic E-state index is -1.41. The van der Waals surface area contributed by atoms with Crippen molar-refractivity contribution in [2.75, 3.05) is 25.8 Å². The monoisotopic (exact) mass is 299 g/mol. The molecule has 0 amide bonds. The summed E-state index contributed by atoms with van der Waals surface area (Å²) in [5.41, 5.74) is 6.05. The van der Waals surface area contributed by atoms with Gasteiger partial charge in [0.15, 0.2) is 8.32 Å². The van der Waals surface area contributed by atoms with Crippen molar-refractivity contribution >= 4 is 28.2 Å². The van der Waals surface area contributed by atoms with E-state index in [4.69, 9.17) is 26.2 Å². The van der Waals surface area contributed by atoms with Gasteiger partial charge in [0, 0.05) is 19.2 Å². The predicted octanol–water partition coefficient (Wildman–Crippen LogP) is 3.19. The van der Waals surface area contributed by atoms with E-state index in [2.05, 4.69) is 26.2 Å². The summed E-state index contributed by atoms with van der Waals surface area (Å²) >= 11 is 5.61. The Hall–Kier alpha value is 0.604. The van der Waals surface area contributed by atoms with Gasteiger partial charge in [0.25, 0.3) is 0 Å². The van der Waals surface area contributed by atoms with Crippen LogP contribution < -0.4 is 5.73 Å². The van der Waals surface area contributed by atoms with Crippen LogP contribution in [0.1, 0.15) is 13.3 Å². The molecule has 0 aliphatic rings. The minimum Gasteiger partial charge on any atom is -0.420 e. The number of hydrogen-bond acceptors (Lipinski definition) is 3. The zero-order valence-corrected chi connectivity index (χ0v) is 15.1. The first-order chi connectivity index (χ1) is 7.74. The van der Waals surface area contributed by atoms with Gasteiger partial charge in [-0.2, -0.15) is 0 Å². The van der Waals surface area contributed by atoms with E-state index in [0.29, 0.717) is 5.50 Å². The fraction of sp³-hybridized carbons (Fsp3) is 1.00. The van der Waals surface area contributed by atoms with E-state index in [-0.39, 0.29) is 0 Å². The molecule has 0 radical (unpaired) electrons. The molecular weight excluding hydrogens is 270 g/mol. The first-order valence-corrected chi connectivity index (χ1v) is 13.0. The smallest absolute Gasteiger partial charge is 0.201 e. The van der Waals surface area contributed by atoms with E-state index >= 15 is 0 Å². The van der Waals surface area contributed by atoms with Gasteiger partial charge in [0.1, 0.15) is 0 Å². The van der Waals surface area contributed by atoms with Gasteiger partial charge in [0.05, 0.1) is 0 Å². The van der Waals surface area contributed by atoms with Crippen LogP contribution in [0.15, 0.2) is 0 Å². The third kappa shape index (κ3) is 14.5. The van der Waals surface area contributed by atoms with Crippen LogP contribution in [0.2, 0.25) is 32.2 Å². The molecule has 0 spiro atoms. The van der Waals surface area contributed by atoms with E-state index < -0.39 is 16.6 Å². The van der Waals surface area contributed by atoms with Crippen LogP contribution in [0.5, 0.6) is 0 Å². The summed E-state index contributed by atoms with van der Waals surface area (Å²) in [6, 6.07) is 1.18. The topological polar surface area (TPSA) is 44.5 Å². The summed E-state index contributed by atoms with van der Waals surface area (Å²) in [5.74, 6) is 0. The van der Waals surface area contributed by atoms with Gasteiger partial charge in [-0.05, 0) is 52.1 Å². The van der Waals surface area contributed by atoms with E-state index in [0.717, 1.165) is 19.6 Å². The van der Waals surface area contributed by atoms with E-state index in [1.807, 2.05) is 6.92 Å². The molecule has 3 nitrogen and oxygen atoms in total. The predicted molar refractivity (Wildman–Crippen MR) is 82.8 cm³/mol. The zero-order valence-electron chi connectivity index (χ0n) is 12.3. The Bertz CT molecular complexity index is 181. The van der Waals surface area contributed by atoms with Crippen molar-refractivity contribution in [1.29, 1.82) is 0 Å². The Morgan fingerprint density at radius 3 is 1.88 bits per heavy atom.